The molecule has 1 N–H and O–H groups in total. The van der Waals surface area contributed by atoms with Gasteiger partial charge in [-0.3, -0.25) is 0 Å². The van der Waals surface area contributed by atoms with Crippen LogP contribution in [-0.2, 0) is 4.74 Å². The van der Waals surface area contributed by atoms with E-state index in [1.807, 2.05) is 13.8 Å². The summed E-state index contributed by atoms with van der Waals surface area (Å²) in [5.74, 6) is 0. The van der Waals surface area contributed by atoms with Gasteiger partial charge in [0.1, 0.15) is 0 Å². The summed E-state index contributed by atoms with van der Waals surface area (Å²) in [5.41, 5.74) is 1.42. The first-order chi connectivity index (χ1) is 9.74. The highest BCUT2D eigenvalue weighted by atomic mass is 16.5. The van der Waals surface area contributed by atoms with Gasteiger partial charge < -0.3 is 19.6 Å². The molecule has 0 aliphatic heterocycles. The molecule has 0 atom stereocenters. The van der Waals surface area contributed by atoms with Crippen LogP contribution in [0.25, 0.3) is 0 Å². The first kappa shape index (κ1) is 19.2. The lowest BCUT2D eigenvalue weighted by Crippen LogP contribution is -2.32. The molecule has 1 aliphatic rings. The van der Waals surface area contributed by atoms with Crippen molar-refractivity contribution < 1.29 is 9.84 Å². The quantitative estimate of drug-likeness (QED) is 0.658. The summed E-state index contributed by atoms with van der Waals surface area (Å²) in [4.78, 5) is 4.59. The molecule has 0 aromatic rings. The summed E-state index contributed by atoms with van der Waals surface area (Å²) >= 11 is 0. The molecule has 0 spiro atoms. The third-order valence-corrected chi connectivity index (χ3v) is 3.15. The van der Waals surface area contributed by atoms with Crippen molar-refractivity contribution >= 4 is 0 Å². The second-order valence-electron chi connectivity index (χ2n) is 4.69. The monoisotopic (exact) mass is 284 g/mol. The van der Waals surface area contributed by atoms with Crippen molar-refractivity contribution in [2.75, 3.05) is 53.6 Å². The Morgan fingerprint density at radius 3 is 2.50 bits per heavy atom. The summed E-state index contributed by atoms with van der Waals surface area (Å²) in [6, 6.07) is 0. The number of aliphatic hydroxyl groups is 1. The maximum atomic E-state index is 8.59. The summed E-state index contributed by atoms with van der Waals surface area (Å²) in [7, 11) is 4.26. The number of ether oxygens (including phenoxy) is 1. The molecule has 0 radical (unpaired) electrons. The SMILES string of the molecule is CC.CN(CCOCCO)CCN(C)C1=CC=CCC1. The van der Waals surface area contributed by atoms with Crippen molar-refractivity contribution in [2.24, 2.45) is 0 Å². The van der Waals surface area contributed by atoms with E-state index >= 15 is 0 Å². The molecule has 0 unspecified atom stereocenters. The molecule has 0 heterocycles. The topological polar surface area (TPSA) is 35.9 Å². The third-order valence-electron chi connectivity index (χ3n) is 3.15. The van der Waals surface area contributed by atoms with Crippen molar-refractivity contribution in [3.63, 3.8) is 0 Å². The van der Waals surface area contributed by atoms with E-state index in [1.54, 1.807) is 0 Å². The van der Waals surface area contributed by atoms with Gasteiger partial charge in [-0.25, -0.2) is 0 Å². The molecule has 1 aliphatic carbocycles. The van der Waals surface area contributed by atoms with Crippen LogP contribution in [0.15, 0.2) is 23.9 Å². The van der Waals surface area contributed by atoms with E-state index in [1.165, 1.54) is 5.70 Å². The number of hydrogen-bond acceptors (Lipinski definition) is 4. The molecule has 1 rings (SSSR count). The minimum Gasteiger partial charge on any atom is -0.394 e. The highest BCUT2D eigenvalue weighted by Gasteiger charge is 2.06. The van der Waals surface area contributed by atoms with Gasteiger partial charge in [0.15, 0.2) is 0 Å². The molecule has 4 heteroatoms. The first-order valence-electron chi connectivity index (χ1n) is 7.68. The second-order valence-corrected chi connectivity index (χ2v) is 4.69. The molecule has 0 amide bonds. The normalized spacial score (nSPS) is 13.8. The Labute approximate surface area is 124 Å². The smallest absolute Gasteiger partial charge is 0.0698 e. The Morgan fingerprint density at radius 1 is 1.15 bits per heavy atom. The maximum Gasteiger partial charge on any atom is 0.0698 e. The fourth-order valence-electron chi connectivity index (χ4n) is 1.87. The van der Waals surface area contributed by atoms with Gasteiger partial charge in [0.05, 0.1) is 19.8 Å². The standard InChI is InChI=1S/C14H26N2O2.C2H6/c1-15(10-12-18-13-11-17)8-9-16(2)14-6-4-3-5-7-14;1-2/h3-4,6,17H,5,7-13H2,1-2H3;1-2H3. The molecule has 0 aromatic heterocycles. The maximum absolute atomic E-state index is 8.59. The number of allylic oxidation sites excluding steroid dienone is 4. The predicted octanol–water partition coefficient (Wildman–Crippen LogP) is 2.12. The van der Waals surface area contributed by atoms with Gasteiger partial charge in [0.25, 0.3) is 0 Å². The Hall–Kier alpha value is -0.840. The van der Waals surface area contributed by atoms with Gasteiger partial charge in [0.2, 0.25) is 0 Å². The van der Waals surface area contributed by atoms with Gasteiger partial charge in [0, 0.05) is 32.4 Å². The fraction of sp³-hybridized carbons (Fsp3) is 0.750. The van der Waals surface area contributed by atoms with Crippen LogP contribution in [0.3, 0.4) is 0 Å². The van der Waals surface area contributed by atoms with Crippen LogP contribution in [0.5, 0.6) is 0 Å². The van der Waals surface area contributed by atoms with Crippen LogP contribution < -0.4 is 0 Å². The molecule has 20 heavy (non-hydrogen) atoms. The van der Waals surface area contributed by atoms with Crippen LogP contribution >= 0.6 is 0 Å². The molecule has 0 saturated carbocycles. The number of rotatable bonds is 9. The summed E-state index contributed by atoms with van der Waals surface area (Å²) in [6.07, 6.45) is 8.86. The highest BCUT2D eigenvalue weighted by Crippen LogP contribution is 2.14. The van der Waals surface area contributed by atoms with E-state index in [0.29, 0.717) is 13.2 Å². The van der Waals surface area contributed by atoms with Crippen molar-refractivity contribution in [1.82, 2.24) is 9.80 Å². The molecule has 0 aromatic carbocycles. The number of nitrogens with zero attached hydrogens (tertiary/aromatic N) is 2. The van der Waals surface area contributed by atoms with Gasteiger partial charge in [-0.15, -0.1) is 0 Å². The van der Waals surface area contributed by atoms with Crippen molar-refractivity contribution in [3.8, 4) is 0 Å². The molecule has 118 valence electrons. The van der Waals surface area contributed by atoms with Gasteiger partial charge in [-0.1, -0.05) is 26.0 Å². The summed E-state index contributed by atoms with van der Waals surface area (Å²) in [6.45, 7) is 8.20. The third kappa shape index (κ3) is 9.13. The number of likely N-dealkylation sites (N-methyl/N-ethyl adjacent to an activating group) is 2. The predicted molar refractivity (Wildman–Crippen MR) is 85.8 cm³/mol. The largest absolute Gasteiger partial charge is 0.394 e. The van der Waals surface area contributed by atoms with Crippen LogP contribution in [0.1, 0.15) is 26.7 Å². The fourth-order valence-corrected chi connectivity index (χ4v) is 1.87. The van der Waals surface area contributed by atoms with Crippen LogP contribution in [0, 0.1) is 0 Å². The lowest BCUT2D eigenvalue weighted by Gasteiger charge is -2.26. The zero-order valence-electron chi connectivity index (χ0n) is 13.6. The van der Waals surface area contributed by atoms with E-state index in [-0.39, 0.29) is 6.61 Å². The molecule has 4 nitrogen and oxygen atoms in total. The van der Waals surface area contributed by atoms with Crippen molar-refractivity contribution in [1.29, 1.82) is 0 Å². The van der Waals surface area contributed by atoms with Crippen LogP contribution in [0.4, 0.5) is 0 Å². The van der Waals surface area contributed by atoms with Gasteiger partial charge in [-0.05, 0) is 26.0 Å². The Morgan fingerprint density at radius 2 is 1.90 bits per heavy atom. The second kappa shape index (κ2) is 13.2. The van der Waals surface area contributed by atoms with Crippen molar-refractivity contribution in [2.45, 2.75) is 26.7 Å². The van der Waals surface area contributed by atoms with Crippen LogP contribution in [0.2, 0.25) is 0 Å². The Kier molecular flexibility index (Phi) is 12.6. The zero-order chi connectivity index (χ0) is 15.2. The average Bonchev–Trinajstić information content (AvgIpc) is 2.52. The zero-order valence-corrected chi connectivity index (χ0v) is 13.6. The van der Waals surface area contributed by atoms with E-state index in [2.05, 4.69) is 42.1 Å². The van der Waals surface area contributed by atoms with Crippen LogP contribution in [-0.4, -0.2) is 68.5 Å². The summed E-state index contributed by atoms with van der Waals surface area (Å²) < 4.78 is 5.25. The van der Waals surface area contributed by atoms with E-state index < -0.39 is 0 Å². The minimum atomic E-state index is 0.105. The first-order valence-corrected chi connectivity index (χ1v) is 7.68. The van der Waals surface area contributed by atoms with Crippen molar-refractivity contribution in [3.05, 3.63) is 23.9 Å². The van der Waals surface area contributed by atoms with Gasteiger partial charge in [-0.2, -0.15) is 0 Å². The molecular weight excluding hydrogens is 252 g/mol. The molecule has 0 fully saturated rings. The van der Waals surface area contributed by atoms with E-state index in [4.69, 9.17) is 9.84 Å². The molecular formula is C16H32N2O2. The average molecular weight is 284 g/mol. The Balaban J connectivity index is 0.00000172. The molecule has 0 saturated heterocycles. The summed E-state index contributed by atoms with van der Waals surface area (Å²) in [5, 5.41) is 8.59. The van der Waals surface area contributed by atoms with E-state index in [0.717, 1.165) is 32.5 Å². The van der Waals surface area contributed by atoms with Gasteiger partial charge >= 0.3 is 0 Å². The number of aliphatic hydroxyl groups excluding tert-OH is 1. The van der Waals surface area contributed by atoms with E-state index in [9.17, 15) is 0 Å². The lowest BCUT2D eigenvalue weighted by atomic mass is 10.1. The molecule has 0 bridgehead atoms. The number of hydrogen-bond donors (Lipinski definition) is 1. The lowest BCUT2D eigenvalue weighted by molar-refractivity contribution is 0.0774. The minimum absolute atomic E-state index is 0.105. The highest BCUT2D eigenvalue weighted by molar-refractivity contribution is 5.16. The Bertz CT molecular complexity index is 278.